The lowest BCUT2D eigenvalue weighted by molar-refractivity contribution is 0.464. The standard InChI is InChI=1S/C11H13ClF2/c1-4-11(2,3)7-5-6-8(13)9(12)10(7)14/h5-6H,4H2,1-3H3. The van der Waals surface area contributed by atoms with E-state index in [0.717, 1.165) is 6.42 Å². The number of hydrogen-bond acceptors (Lipinski definition) is 0. The zero-order valence-corrected chi connectivity index (χ0v) is 9.25. The van der Waals surface area contributed by atoms with E-state index in [9.17, 15) is 8.78 Å². The van der Waals surface area contributed by atoms with Gasteiger partial charge in [-0.25, -0.2) is 8.78 Å². The van der Waals surface area contributed by atoms with Gasteiger partial charge in [0.1, 0.15) is 16.7 Å². The summed E-state index contributed by atoms with van der Waals surface area (Å²) in [4.78, 5) is 0. The molecule has 1 aromatic carbocycles. The molecule has 0 aliphatic rings. The largest absolute Gasteiger partial charge is 0.205 e. The summed E-state index contributed by atoms with van der Waals surface area (Å²) in [5.74, 6) is -1.35. The molecule has 0 saturated carbocycles. The summed E-state index contributed by atoms with van der Waals surface area (Å²) in [5, 5.41) is -0.413. The zero-order chi connectivity index (χ0) is 10.9. The van der Waals surface area contributed by atoms with E-state index >= 15 is 0 Å². The van der Waals surface area contributed by atoms with Crippen LogP contribution in [0.4, 0.5) is 8.78 Å². The molecule has 0 nitrogen and oxygen atoms in total. The Morgan fingerprint density at radius 3 is 2.36 bits per heavy atom. The summed E-state index contributed by atoms with van der Waals surface area (Å²) in [6.07, 6.45) is 0.770. The molecule has 0 radical (unpaired) electrons. The molecule has 0 saturated heterocycles. The first-order valence-corrected chi connectivity index (χ1v) is 4.92. The Morgan fingerprint density at radius 1 is 1.29 bits per heavy atom. The minimum atomic E-state index is -0.709. The highest BCUT2D eigenvalue weighted by molar-refractivity contribution is 6.30. The average molecular weight is 219 g/mol. The number of hydrogen-bond donors (Lipinski definition) is 0. The van der Waals surface area contributed by atoms with E-state index in [1.807, 2.05) is 20.8 Å². The van der Waals surface area contributed by atoms with Crippen LogP contribution < -0.4 is 0 Å². The maximum Gasteiger partial charge on any atom is 0.148 e. The van der Waals surface area contributed by atoms with E-state index in [0.29, 0.717) is 5.56 Å². The highest BCUT2D eigenvalue weighted by atomic mass is 35.5. The Kier molecular flexibility index (Phi) is 3.15. The summed E-state index contributed by atoms with van der Waals surface area (Å²) in [5.41, 5.74) is 0.146. The van der Waals surface area contributed by atoms with E-state index in [4.69, 9.17) is 11.6 Å². The van der Waals surface area contributed by atoms with Crippen LogP contribution in [0.5, 0.6) is 0 Å². The van der Waals surface area contributed by atoms with Gasteiger partial charge in [0.25, 0.3) is 0 Å². The van der Waals surface area contributed by atoms with Crippen molar-refractivity contribution < 1.29 is 8.78 Å². The third-order valence-corrected chi connectivity index (χ3v) is 2.99. The van der Waals surface area contributed by atoms with E-state index in [1.54, 1.807) is 0 Å². The third-order valence-electron chi connectivity index (χ3n) is 2.65. The van der Waals surface area contributed by atoms with Crippen molar-refractivity contribution in [2.24, 2.45) is 0 Å². The maximum atomic E-state index is 13.6. The van der Waals surface area contributed by atoms with Gasteiger partial charge in [0, 0.05) is 0 Å². The normalized spacial score (nSPS) is 11.9. The molecule has 3 heteroatoms. The lowest BCUT2D eigenvalue weighted by Gasteiger charge is -2.24. The van der Waals surface area contributed by atoms with Crippen LogP contribution in [0.25, 0.3) is 0 Å². The van der Waals surface area contributed by atoms with Gasteiger partial charge >= 0.3 is 0 Å². The second-order valence-corrected chi connectivity index (χ2v) is 4.34. The van der Waals surface area contributed by atoms with Crippen molar-refractivity contribution in [2.75, 3.05) is 0 Å². The fraction of sp³-hybridized carbons (Fsp3) is 0.455. The minimum absolute atomic E-state index is 0.318. The zero-order valence-electron chi connectivity index (χ0n) is 8.50. The predicted octanol–water partition coefficient (Wildman–Crippen LogP) is 4.31. The van der Waals surface area contributed by atoms with E-state index in [2.05, 4.69) is 0 Å². The van der Waals surface area contributed by atoms with Crippen molar-refractivity contribution in [2.45, 2.75) is 32.6 Å². The molecule has 1 aromatic rings. The molecule has 0 aromatic heterocycles. The Bertz CT molecular complexity index is 345. The number of benzene rings is 1. The van der Waals surface area contributed by atoms with Crippen molar-refractivity contribution >= 4 is 11.6 Å². The molecule has 0 unspecified atom stereocenters. The molecular formula is C11H13ClF2. The van der Waals surface area contributed by atoms with Crippen LogP contribution in [0.2, 0.25) is 5.02 Å². The van der Waals surface area contributed by atoms with Gasteiger partial charge in [0.15, 0.2) is 0 Å². The van der Waals surface area contributed by atoms with E-state index < -0.39 is 16.7 Å². The van der Waals surface area contributed by atoms with Gasteiger partial charge in [0.2, 0.25) is 0 Å². The van der Waals surface area contributed by atoms with Crippen LogP contribution in [0.15, 0.2) is 12.1 Å². The molecule has 14 heavy (non-hydrogen) atoms. The summed E-state index contributed by atoms with van der Waals surface area (Å²) in [6.45, 7) is 5.76. The van der Waals surface area contributed by atoms with Gasteiger partial charge in [-0.1, -0.05) is 38.4 Å². The van der Waals surface area contributed by atoms with Gasteiger partial charge < -0.3 is 0 Å². The molecule has 0 heterocycles. The average Bonchev–Trinajstić information content (AvgIpc) is 2.14. The van der Waals surface area contributed by atoms with Crippen LogP contribution in [0, 0.1) is 11.6 Å². The van der Waals surface area contributed by atoms with Crippen molar-refractivity contribution in [1.29, 1.82) is 0 Å². The molecule has 0 aliphatic heterocycles. The van der Waals surface area contributed by atoms with Gasteiger partial charge in [-0.05, 0) is 23.5 Å². The molecule has 0 atom stereocenters. The lowest BCUT2D eigenvalue weighted by atomic mass is 9.82. The Balaban J connectivity index is 3.31. The monoisotopic (exact) mass is 218 g/mol. The van der Waals surface area contributed by atoms with Gasteiger partial charge in [-0.2, -0.15) is 0 Å². The molecule has 0 spiro atoms. The molecule has 0 amide bonds. The Morgan fingerprint density at radius 2 is 1.86 bits per heavy atom. The van der Waals surface area contributed by atoms with Crippen LogP contribution in [-0.2, 0) is 5.41 Å². The first-order chi connectivity index (χ1) is 6.40. The van der Waals surface area contributed by atoms with Crippen LogP contribution in [0.1, 0.15) is 32.8 Å². The first kappa shape index (κ1) is 11.4. The highest BCUT2D eigenvalue weighted by Gasteiger charge is 2.24. The van der Waals surface area contributed by atoms with Crippen LogP contribution >= 0.6 is 11.6 Å². The SMILES string of the molecule is CCC(C)(C)c1ccc(F)c(Cl)c1F. The minimum Gasteiger partial charge on any atom is -0.205 e. The Labute approximate surface area is 87.9 Å². The third kappa shape index (κ3) is 1.90. The van der Waals surface area contributed by atoms with E-state index in [-0.39, 0.29) is 5.41 Å². The second kappa shape index (κ2) is 3.85. The lowest BCUT2D eigenvalue weighted by Crippen LogP contribution is -2.17. The fourth-order valence-electron chi connectivity index (χ4n) is 1.24. The van der Waals surface area contributed by atoms with Crippen molar-refractivity contribution in [3.8, 4) is 0 Å². The van der Waals surface area contributed by atoms with Crippen LogP contribution in [-0.4, -0.2) is 0 Å². The molecule has 1 rings (SSSR count). The molecule has 78 valence electrons. The highest BCUT2D eigenvalue weighted by Crippen LogP contribution is 2.32. The van der Waals surface area contributed by atoms with Gasteiger partial charge in [-0.3, -0.25) is 0 Å². The fourth-order valence-corrected chi connectivity index (χ4v) is 1.40. The predicted molar refractivity (Wildman–Crippen MR) is 54.7 cm³/mol. The molecule has 0 fully saturated rings. The quantitative estimate of drug-likeness (QED) is 0.649. The van der Waals surface area contributed by atoms with Crippen molar-refractivity contribution in [1.82, 2.24) is 0 Å². The summed E-state index contributed by atoms with van der Waals surface area (Å²) in [7, 11) is 0. The smallest absolute Gasteiger partial charge is 0.148 e. The van der Waals surface area contributed by atoms with Crippen molar-refractivity contribution in [3.63, 3.8) is 0 Å². The van der Waals surface area contributed by atoms with Crippen molar-refractivity contribution in [3.05, 3.63) is 34.4 Å². The summed E-state index contributed by atoms with van der Waals surface area (Å²) < 4.78 is 26.5. The molecule has 0 N–H and O–H groups in total. The molecule has 0 bridgehead atoms. The molecular weight excluding hydrogens is 206 g/mol. The van der Waals surface area contributed by atoms with Crippen LogP contribution in [0.3, 0.4) is 0 Å². The number of rotatable bonds is 2. The summed E-state index contributed by atoms with van der Waals surface area (Å²) >= 11 is 5.50. The molecule has 0 aliphatic carbocycles. The summed E-state index contributed by atoms with van der Waals surface area (Å²) in [6, 6.07) is 2.66. The van der Waals surface area contributed by atoms with E-state index in [1.165, 1.54) is 12.1 Å². The van der Waals surface area contributed by atoms with Gasteiger partial charge in [0.05, 0.1) is 0 Å². The maximum absolute atomic E-state index is 13.6. The Hall–Kier alpha value is -0.630. The second-order valence-electron chi connectivity index (χ2n) is 3.96. The first-order valence-electron chi connectivity index (χ1n) is 4.54. The van der Waals surface area contributed by atoms with Gasteiger partial charge in [-0.15, -0.1) is 0 Å². The number of halogens is 3. The topological polar surface area (TPSA) is 0 Å².